The molecular formula is C28H25N7O3S. The Kier molecular flexibility index (Phi) is 7.15. The van der Waals surface area contributed by atoms with E-state index in [1.807, 2.05) is 36.4 Å². The summed E-state index contributed by atoms with van der Waals surface area (Å²) in [6.07, 6.45) is 3.41. The SMILES string of the molecule is Cc1nc(-c2ccncc2)sc1C(=O)Nc1nc2cc(N(C)C(=O)c3ccccc3)ccc2n1CCC(N)=O. The fraction of sp³-hybridized carbons (Fsp3) is 0.143. The maximum atomic E-state index is 13.3. The van der Waals surface area contributed by atoms with Crippen molar-refractivity contribution in [1.29, 1.82) is 0 Å². The number of imidazole rings is 1. The van der Waals surface area contributed by atoms with Gasteiger partial charge in [0.15, 0.2) is 0 Å². The van der Waals surface area contributed by atoms with E-state index in [0.717, 1.165) is 5.56 Å². The van der Waals surface area contributed by atoms with Crippen LogP contribution in [0.2, 0.25) is 0 Å². The number of aryl methyl sites for hydroxylation is 2. The second-order valence-corrected chi connectivity index (χ2v) is 9.83. The predicted molar refractivity (Wildman–Crippen MR) is 151 cm³/mol. The van der Waals surface area contributed by atoms with Crippen molar-refractivity contribution >= 4 is 51.7 Å². The van der Waals surface area contributed by atoms with E-state index in [1.165, 1.54) is 16.2 Å². The number of aromatic nitrogens is 4. The zero-order chi connectivity index (χ0) is 27.5. The van der Waals surface area contributed by atoms with E-state index in [0.29, 0.717) is 37.9 Å². The number of anilines is 2. The van der Waals surface area contributed by atoms with Crippen LogP contribution in [0.4, 0.5) is 11.6 Å². The predicted octanol–water partition coefficient (Wildman–Crippen LogP) is 4.27. The number of amides is 3. The van der Waals surface area contributed by atoms with E-state index in [2.05, 4.69) is 20.3 Å². The molecule has 10 nitrogen and oxygen atoms in total. The van der Waals surface area contributed by atoms with Gasteiger partial charge in [-0.15, -0.1) is 11.3 Å². The summed E-state index contributed by atoms with van der Waals surface area (Å²) in [5.74, 6) is -0.734. The first-order chi connectivity index (χ1) is 18.8. The minimum Gasteiger partial charge on any atom is -0.370 e. The molecule has 0 bridgehead atoms. The molecule has 3 heterocycles. The van der Waals surface area contributed by atoms with Crippen molar-refractivity contribution in [2.75, 3.05) is 17.3 Å². The van der Waals surface area contributed by atoms with Crippen LogP contribution in [0.3, 0.4) is 0 Å². The number of pyridine rings is 1. The van der Waals surface area contributed by atoms with Gasteiger partial charge in [0.05, 0.1) is 16.7 Å². The summed E-state index contributed by atoms with van der Waals surface area (Å²) < 4.78 is 1.74. The van der Waals surface area contributed by atoms with E-state index in [4.69, 9.17) is 5.73 Å². The number of hydrogen-bond donors (Lipinski definition) is 2. The van der Waals surface area contributed by atoms with Crippen LogP contribution in [0.15, 0.2) is 73.1 Å². The van der Waals surface area contributed by atoms with Crippen LogP contribution in [-0.2, 0) is 11.3 Å². The number of rotatable bonds is 8. The molecule has 0 aliphatic carbocycles. The smallest absolute Gasteiger partial charge is 0.269 e. The molecule has 3 amide bonds. The van der Waals surface area contributed by atoms with Crippen molar-refractivity contribution in [3.8, 4) is 10.6 Å². The zero-order valence-electron chi connectivity index (χ0n) is 21.3. The monoisotopic (exact) mass is 539 g/mol. The van der Waals surface area contributed by atoms with Crippen molar-refractivity contribution in [2.45, 2.75) is 19.9 Å². The van der Waals surface area contributed by atoms with Gasteiger partial charge in [-0.3, -0.25) is 24.7 Å². The van der Waals surface area contributed by atoms with Gasteiger partial charge in [0.25, 0.3) is 11.8 Å². The van der Waals surface area contributed by atoms with Gasteiger partial charge in [0.2, 0.25) is 11.9 Å². The molecule has 3 aromatic heterocycles. The lowest BCUT2D eigenvalue weighted by atomic mass is 10.2. The first kappa shape index (κ1) is 25.7. The summed E-state index contributed by atoms with van der Waals surface area (Å²) in [5, 5.41) is 3.59. The van der Waals surface area contributed by atoms with Crippen LogP contribution in [0, 0.1) is 6.92 Å². The highest BCUT2D eigenvalue weighted by Gasteiger charge is 2.21. The number of benzene rings is 2. The van der Waals surface area contributed by atoms with E-state index in [-0.39, 0.29) is 30.7 Å². The topological polar surface area (TPSA) is 136 Å². The number of nitrogens with two attached hydrogens (primary N) is 1. The highest BCUT2D eigenvalue weighted by Crippen LogP contribution is 2.30. The molecule has 0 unspecified atom stereocenters. The second kappa shape index (κ2) is 10.8. The third-order valence-corrected chi connectivity index (χ3v) is 7.39. The molecule has 39 heavy (non-hydrogen) atoms. The number of nitrogens with zero attached hydrogens (tertiary/aromatic N) is 5. The van der Waals surface area contributed by atoms with Crippen molar-refractivity contribution in [1.82, 2.24) is 19.5 Å². The molecule has 196 valence electrons. The van der Waals surface area contributed by atoms with E-state index < -0.39 is 5.91 Å². The van der Waals surface area contributed by atoms with Crippen LogP contribution >= 0.6 is 11.3 Å². The van der Waals surface area contributed by atoms with E-state index in [1.54, 1.807) is 55.2 Å². The number of primary amides is 1. The minimum atomic E-state index is -0.473. The molecule has 0 aliphatic rings. The molecule has 5 rings (SSSR count). The van der Waals surface area contributed by atoms with Crippen molar-refractivity contribution < 1.29 is 14.4 Å². The molecule has 0 atom stereocenters. The Morgan fingerprint density at radius 2 is 1.77 bits per heavy atom. The standard InChI is InChI=1S/C28H25N7O3S/c1-17-24(39-26(31-17)18-10-13-30-14-11-18)25(37)33-28-32-21-16-20(8-9-22(21)35(28)15-12-23(29)36)34(2)27(38)19-6-4-3-5-7-19/h3-11,13-14,16H,12,15H2,1-2H3,(H2,29,36)(H,32,33,37). The van der Waals surface area contributed by atoms with Crippen LogP contribution in [0.5, 0.6) is 0 Å². The average Bonchev–Trinajstić information content (AvgIpc) is 3.51. The molecule has 5 aromatic rings. The van der Waals surface area contributed by atoms with Crippen LogP contribution < -0.4 is 16.0 Å². The lowest BCUT2D eigenvalue weighted by molar-refractivity contribution is -0.118. The summed E-state index contributed by atoms with van der Waals surface area (Å²) in [5.41, 5.74) is 9.31. The molecule has 0 radical (unpaired) electrons. The van der Waals surface area contributed by atoms with Gasteiger partial charge in [-0.25, -0.2) is 9.97 Å². The van der Waals surface area contributed by atoms with Crippen molar-refractivity contribution in [3.63, 3.8) is 0 Å². The van der Waals surface area contributed by atoms with Crippen molar-refractivity contribution in [2.24, 2.45) is 5.73 Å². The maximum Gasteiger partial charge on any atom is 0.269 e. The number of hydrogen-bond acceptors (Lipinski definition) is 7. The number of nitrogens with one attached hydrogen (secondary N) is 1. The lowest BCUT2D eigenvalue weighted by Crippen LogP contribution is -2.26. The first-order valence-electron chi connectivity index (χ1n) is 12.1. The maximum absolute atomic E-state index is 13.3. The third kappa shape index (κ3) is 5.39. The molecular weight excluding hydrogens is 514 g/mol. The van der Waals surface area contributed by atoms with Gasteiger partial charge in [0, 0.05) is 49.2 Å². The van der Waals surface area contributed by atoms with E-state index in [9.17, 15) is 14.4 Å². The number of thiazole rings is 1. The normalized spacial score (nSPS) is 10.9. The highest BCUT2D eigenvalue weighted by atomic mass is 32.1. The highest BCUT2D eigenvalue weighted by molar-refractivity contribution is 7.17. The molecule has 0 saturated carbocycles. The number of carbonyl (C=O) groups is 3. The van der Waals surface area contributed by atoms with Gasteiger partial charge in [0.1, 0.15) is 9.88 Å². The molecule has 2 aromatic carbocycles. The fourth-order valence-corrected chi connectivity index (χ4v) is 5.11. The average molecular weight is 540 g/mol. The van der Waals surface area contributed by atoms with Crippen LogP contribution in [0.1, 0.15) is 32.1 Å². The number of fused-ring (bicyclic) bond motifs is 1. The Labute approximate surface area is 228 Å². The molecule has 11 heteroatoms. The zero-order valence-corrected chi connectivity index (χ0v) is 22.1. The number of carbonyl (C=O) groups excluding carboxylic acids is 3. The largest absolute Gasteiger partial charge is 0.370 e. The summed E-state index contributed by atoms with van der Waals surface area (Å²) in [6.45, 7) is 2.00. The molecule has 0 saturated heterocycles. The summed E-state index contributed by atoms with van der Waals surface area (Å²) in [4.78, 5) is 53.0. The summed E-state index contributed by atoms with van der Waals surface area (Å²) in [6, 6.07) is 18.0. The fourth-order valence-electron chi connectivity index (χ4n) is 4.15. The molecule has 0 aliphatic heterocycles. The Bertz CT molecular complexity index is 1680. The summed E-state index contributed by atoms with van der Waals surface area (Å²) >= 11 is 1.27. The quantitative estimate of drug-likeness (QED) is 0.302. The molecule has 0 spiro atoms. The van der Waals surface area contributed by atoms with Crippen molar-refractivity contribution in [3.05, 3.63) is 89.2 Å². The van der Waals surface area contributed by atoms with Gasteiger partial charge < -0.3 is 15.2 Å². The van der Waals surface area contributed by atoms with Gasteiger partial charge in [-0.1, -0.05) is 18.2 Å². The lowest BCUT2D eigenvalue weighted by Gasteiger charge is -2.17. The van der Waals surface area contributed by atoms with Gasteiger partial charge in [-0.05, 0) is 49.4 Å². The Balaban J connectivity index is 1.47. The van der Waals surface area contributed by atoms with Gasteiger partial charge >= 0.3 is 0 Å². The Morgan fingerprint density at radius 3 is 2.49 bits per heavy atom. The molecule has 0 fully saturated rings. The van der Waals surface area contributed by atoms with E-state index >= 15 is 0 Å². The summed E-state index contributed by atoms with van der Waals surface area (Å²) in [7, 11) is 1.69. The second-order valence-electron chi connectivity index (χ2n) is 8.83. The first-order valence-corrected chi connectivity index (χ1v) is 12.9. The minimum absolute atomic E-state index is 0.0637. The Morgan fingerprint density at radius 1 is 1.03 bits per heavy atom. The Hall–Kier alpha value is -4.90. The molecule has 3 N–H and O–H groups in total. The van der Waals surface area contributed by atoms with Crippen LogP contribution in [-0.4, -0.2) is 44.3 Å². The van der Waals surface area contributed by atoms with Gasteiger partial charge in [-0.2, -0.15) is 0 Å². The van der Waals surface area contributed by atoms with Crippen LogP contribution in [0.25, 0.3) is 21.6 Å². The third-order valence-electron chi connectivity index (χ3n) is 6.18.